The molecule has 0 radical (unpaired) electrons. The van der Waals surface area contributed by atoms with E-state index in [4.69, 9.17) is 4.74 Å². The second-order valence-electron chi connectivity index (χ2n) is 5.59. The van der Waals surface area contributed by atoms with Crippen molar-refractivity contribution in [1.29, 1.82) is 0 Å². The standard InChI is InChI=1S/C17H26N2O3/c1-5-22-11-15-8-6-14(7-9-15)10-18-17(21)16(12(2)3)19-13(4)20/h6-9,12,16H,5,10-11H2,1-4H3,(H,18,21)(H,19,20). The highest BCUT2D eigenvalue weighted by molar-refractivity contribution is 5.86. The van der Waals surface area contributed by atoms with Crippen LogP contribution in [0, 0.1) is 5.92 Å². The molecule has 0 fully saturated rings. The molecule has 0 aliphatic carbocycles. The number of carbonyl (C=O) groups is 2. The Hall–Kier alpha value is -1.88. The average molecular weight is 306 g/mol. The molecule has 1 atom stereocenters. The molecule has 22 heavy (non-hydrogen) atoms. The van der Waals surface area contributed by atoms with Crippen molar-refractivity contribution >= 4 is 11.8 Å². The molecule has 2 N–H and O–H groups in total. The third-order valence-corrected chi connectivity index (χ3v) is 3.27. The Labute approximate surface area is 132 Å². The van der Waals surface area contributed by atoms with Crippen LogP contribution in [0.5, 0.6) is 0 Å². The van der Waals surface area contributed by atoms with Gasteiger partial charge in [0.15, 0.2) is 0 Å². The summed E-state index contributed by atoms with van der Waals surface area (Å²) in [4.78, 5) is 23.3. The van der Waals surface area contributed by atoms with Crippen LogP contribution >= 0.6 is 0 Å². The quantitative estimate of drug-likeness (QED) is 0.772. The first-order valence-corrected chi connectivity index (χ1v) is 7.64. The number of benzene rings is 1. The number of hydrogen-bond acceptors (Lipinski definition) is 3. The van der Waals surface area contributed by atoms with Gasteiger partial charge in [-0.05, 0) is 24.0 Å². The molecule has 0 spiro atoms. The minimum atomic E-state index is -0.505. The molecule has 0 bridgehead atoms. The minimum Gasteiger partial charge on any atom is -0.377 e. The van der Waals surface area contributed by atoms with E-state index in [1.54, 1.807) is 0 Å². The third kappa shape index (κ3) is 6.26. The van der Waals surface area contributed by atoms with Crippen LogP contribution in [-0.4, -0.2) is 24.5 Å². The Morgan fingerprint density at radius 1 is 1.14 bits per heavy atom. The van der Waals surface area contributed by atoms with E-state index in [2.05, 4.69) is 10.6 Å². The average Bonchev–Trinajstić information content (AvgIpc) is 2.48. The van der Waals surface area contributed by atoms with Gasteiger partial charge in [-0.25, -0.2) is 0 Å². The van der Waals surface area contributed by atoms with E-state index in [0.717, 1.165) is 11.1 Å². The number of hydrogen-bond donors (Lipinski definition) is 2. The summed E-state index contributed by atoms with van der Waals surface area (Å²) in [6.07, 6.45) is 0. The van der Waals surface area contributed by atoms with Gasteiger partial charge >= 0.3 is 0 Å². The number of ether oxygens (including phenoxy) is 1. The van der Waals surface area contributed by atoms with Crippen LogP contribution in [0.3, 0.4) is 0 Å². The van der Waals surface area contributed by atoms with Gasteiger partial charge in [-0.1, -0.05) is 38.1 Å². The van der Waals surface area contributed by atoms with Gasteiger partial charge in [0.05, 0.1) is 6.61 Å². The van der Waals surface area contributed by atoms with Gasteiger partial charge in [0, 0.05) is 20.1 Å². The summed E-state index contributed by atoms with van der Waals surface area (Å²) in [5, 5.41) is 5.54. The lowest BCUT2D eigenvalue weighted by molar-refractivity contribution is -0.129. The van der Waals surface area contributed by atoms with E-state index >= 15 is 0 Å². The van der Waals surface area contributed by atoms with Crippen LogP contribution in [0.2, 0.25) is 0 Å². The molecule has 122 valence electrons. The van der Waals surface area contributed by atoms with E-state index in [1.165, 1.54) is 6.92 Å². The first-order valence-electron chi connectivity index (χ1n) is 7.64. The fourth-order valence-electron chi connectivity index (χ4n) is 2.03. The molecule has 0 aromatic heterocycles. The summed E-state index contributed by atoms with van der Waals surface area (Å²) in [5.74, 6) is -0.324. The Kier molecular flexibility index (Phi) is 7.60. The van der Waals surface area contributed by atoms with Gasteiger partial charge in [0.25, 0.3) is 0 Å². The van der Waals surface area contributed by atoms with Gasteiger partial charge in [-0.2, -0.15) is 0 Å². The fourth-order valence-corrected chi connectivity index (χ4v) is 2.03. The van der Waals surface area contributed by atoms with E-state index in [1.807, 2.05) is 45.0 Å². The Morgan fingerprint density at radius 3 is 2.23 bits per heavy atom. The van der Waals surface area contributed by atoms with Crippen LogP contribution < -0.4 is 10.6 Å². The van der Waals surface area contributed by atoms with Gasteiger partial charge in [0.1, 0.15) is 6.04 Å². The Balaban J connectivity index is 2.53. The molecular weight excluding hydrogens is 280 g/mol. The molecule has 0 saturated carbocycles. The lowest BCUT2D eigenvalue weighted by Gasteiger charge is -2.21. The molecule has 2 amide bonds. The third-order valence-electron chi connectivity index (χ3n) is 3.27. The van der Waals surface area contributed by atoms with Crippen LogP contribution in [0.15, 0.2) is 24.3 Å². The zero-order chi connectivity index (χ0) is 16.5. The van der Waals surface area contributed by atoms with Crippen molar-refractivity contribution in [2.75, 3.05) is 6.61 Å². The Morgan fingerprint density at radius 2 is 1.73 bits per heavy atom. The number of rotatable bonds is 8. The topological polar surface area (TPSA) is 67.4 Å². The van der Waals surface area contributed by atoms with E-state index in [0.29, 0.717) is 19.8 Å². The van der Waals surface area contributed by atoms with Crippen molar-refractivity contribution < 1.29 is 14.3 Å². The SMILES string of the molecule is CCOCc1ccc(CNC(=O)C(NC(C)=O)C(C)C)cc1. The predicted molar refractivity (Wildman–Crippen MR) is 86.1 cm³/mol. The largest absolute Gasteiger partial charge is 0.377 e. The lowest BCUT2D eigenvalue weighted by Crippen LogP contribution is -2.48. The smallest absolute Gasteiger partial charge is 0.243 e. The zero-order valence-corrected chi connectivity index (χ0v) is 13.8. The minimum absolute atomic E-state index is 0.0393. The monoisotopic (exact) mass is 306 g/mol. The summed E-state index contributed by atoms with van der Waals surface area (Å²) in [6, 6.07) is 7.42. The maximum absolute atomic E-state index is 12.2. The molecule has 1 aromatic carbocycles. The predicted octanol–water partition coefficient (Wildman–Crippen LogP) is 2.00. The molecule has 0 saturated heterocycles. The van der Waals surface area contributed by atoms with Crippen LogP contribution in [0.4, 0.5) is 0 Å². The molecule has 0 aliphatic heterocycles. The van der Waals surface area contributed by atoms with Gasteiger partial charge in [-0.15, -0.1) is 0 Å². The van der Waals surface area contributed by atoms with Crippen molar-refractivity contribution in [3.63, 3.8) is 0 Å². The maximum atomic E-state index is 12.2. The summed E-state index contributed by atoms with van der Waals surface area (Å²) >= 11 is 0. The van der Waals surface area contributed by atoms with Gasteiger partial charge in [0.2, 0.25) is 11.8 Å². The summed E-state index contributed by atoms with van der Waals surface area (Å²) in [5.41, 5.74) is 2.12. The van der Waals surface area contributed by atoms with Crippen LogP contribution in [0.1, 0.15) is 38.8 Å². The van der Waals surface area contributed by atoms with Crippen molar-refractivity contribution in [3.8, 4) is 0 Å². The number of carbonyl (C=O) groups excluding carboxylic acids is 2. The van der Waals surface area contributed by atoms with Crippen molar-refractivity contribution in [1.82, 2.24) is 10.6 Å². The number of nitrogens with one attached hydrogen (secondary N) is 2. The molecule has 1 aromatic rings. The molecule has 1 unspecified atom stereocenters. The summed E-state index contributed by atoms with van der Waals surface area (Å²) in [7, 11) is 0. The first-order chi connectivity index (χ1) is 10.4. The van der Waals surface area contributed by atoms with Gasteiger partial charge < -0.3 is 15.4 Å². The highest BCUT2D eigenvalue weighted by Gasteiger charge is 2.22. The van der Waals surface area contributed by atoms with Crippen molar-refractivity contribution in [3.05, 3.63) is 35.4 Å². The summed E-state index contributed by atoms with van der Waals surface area (Å²) in [6.45, 7) is 8.92. The van der Waals surface area contributed by atoms with E-state index in [-0.39, 0.29) is 17.7 Å². The summed E-state index contributed by atoms with van der Waals surface area (Å²) < 4.78 is 5.34. The second-order valence-corrected chi connectivity index (χ2v) is 5.59. The van der Waals surface area contributed by atoms with Crippen LogP contribution in [0.25, 0.3) is 0 Å². The molecule has 5 heteroatoms. The highest BCUT2D eigenvalue weighted by Crippen LogP contribution is 2.07. The van der Waals surface area contributed by atoms with Crippen LogP contribution in [-0.2, 0) is 27.5 Å². The van der Waals surface area contributed by atoms with Crippen molar-refractivity contribution in [2.24, 2.45) is 5.92 Å². The zero-order valence-electron chi connectivity index (χ0n) is 13.8. The first kappa shape index (κ1) is 18.2. The molecule has 0 heterocycles. The maximum Gasteiger partial charge on any atom is 0.243 e. The molecular formula is C17H26N2O3. The van der Waals surface area contributed by atoms with E-state index < -0.39 is 6.04 Å². The van der Waals surface area contributed by atoms with E-state index in [9.17, 15) is 9.59 Å². The fraction of sp³-hybridized carbons (Fsp3) is 0.529. The van der Waals surface area contributed by atoms with Gasteiger partial charge in [-0.3, -0.25) is 9.59 Å². The second kappa shape index (κ2) is 9.20. The number of amides is 2. The lowest BCUT2D eigenvalue weighted by atomic mass is 10.0. The van der Waals surface area contributed by atoms with Crippen molar-refractivity contribution in [2.45, 2.75) is 46.9 Å². The normalized spacial score (nSPS) is 12.0. The molecule has 1 rings (SSSR count). The Bertz CT molecular complexity index is 483. The highest BCUT2D eigenvalue weighted by atomic mass is 16.5. The molecule has 0 aliphatic rings. The molecule has 5 nitrogen and oxygen atoms in total.